The molecule has 5 nitrogen and oxygen atoms in total. The highest BCUT2D eigenvalue weighted by molar-refractivity contribution is 8.18. The van der Waals surface area contributed by atoms with Crippen molar-refractivity contribution in [1.82, 2.24) is 9.88 Å². The lowest BCUT2D eigenvalue weighted by atomic mass is 9.87. The molecule has 4 heterocycles. The molecule has 1 aromatic carbocycles. The van der Waals surface area contributed by atoms with Gasteiger partial charge in [0.25, 0.3) is 5.91 Å². The number of nitrogens with zero attached hydrogens (tertiary/aromatic N) is 3. The Bertz CT molecular complexity index is 1040. The average molecular weight is 426 g/mol. The van der Waals surface area contributed by atoms with E-state index in [2.05, 4.69) is 20.9 Å². The Morgan fingerprint density at radius 1 is 1.21 bits per heavy atom. The minimum atomic E-state index is -0.293. The van der Waals surface area contributed by atoms with Gasteiger partial charge in [0, 0.05) is 29.9 Å². The van der Waals surface area contributed by atoms with Gasteiger partial charge in [-0.1, -0.05) is 29.8 Å². The monoisotopic (exact) mass is 425 g/mol. The SMILES string of the molecule is CC(=C1SC(N2CCC3(CC2)OCc2cccnc23)=NC1=O)c1ccc(Cl)cc1. The number of ether oxygens (including phenoxy) is 1. The Morgan fingerprint density at radius 3 is 2.72 bits per heavy atom. The number of halogens is 1. The zero-order valence-corrected chi connectivity index (χ0v) is 17.6. The highest BCUT2D eigenvalue weighted by Crippen LogP contribution is 2.44. The molecule has 0 atom stereocenters. The third kappa shape index (κ3) is 3.29. The van der Waals surface area contributed by atoms with Crippen LogP contribution in [0.2, 0.25) is 5.02 Å². The predicted molar refractivity (Wildman–Crippen MR) is 116 cm³/mol. The first-order valence-electron chi connectivity index (χ1n) is 9.67. The van der Waals surface area contributed by atoms with Crippen LogP contribution >= 0.6 is 23.4 Å². The first kappa shape index (κ1) is 18.9. The van der Waals surface area contributed by atoms with Crippen LogP contribution in [-0.2, 0) is 21.7 Å². The number of fused-ring (bicyclic) bond motifs is 2. The summed E-state index contributed by atoms with van der Waals surface area (Å²) < 4.78 is 6.19. The lowest BCUT2D eigenvalue weighted by Gasteiger charge is -2.39. The fourth-order valence-electron chi connectivity index (χ4n) is 4.19. The van der Waals surface area contributed by atoms with E-state index in [0.29, 0.717) is 16.5 Å². The average Bonchev–Trinajstić information content (AvgIpc) is 3.30. The number of hydrogen-bond donors (Lipinski definition) is 0. The zero-order valence-electron chi connectivity index (χ0n) is 16.0. The molecule has 1 fully saturated rings. The highest BCUT2D eigenvalue weighted by atomic mass is 35.5. The number of carbonyl (C=O) groups excluding carboxylic acids is 1. The number of hydrogen-bond acceptors (Lipinski definition) is 5. The molecular weight excluding hydrogens is 406 g/mol. The minimum absolute atomic E-state index is 0.165. The summed E-state index contributed by atoms with van der Waals surface area (Å²) in [6.07, 6.45) is 3.54. The van der Waals surface area contributed by atoms with Crippen molar-refractivity contribution in [3.63, 3.8) is 0 Å². The van der Waals surface area contributed by atoms with E-state index in [0.717, 1.165) is 47.9 Å². The third-order valence-corrected chi connectivity index (χ3v) is 7.34. The first-order chi connectivity index (χ1) is 14.1. The van der Waals surface area contributed by atoms with Gasteiger partial charge in [0.05, 0.1) is 17.2 Å². The van der Waals surface area contributed by atoms with Crippen molar-refractivity contribution in [2.75, 3.05) is 13.1 Å². The van der Waals surface area contributed by atoms with Crippen molar-refractivity contribution in [3.8, 4) is 0 Å². The van der Waals surface area contributed by atoms with E-state index in [9.17, 15) is 4.79 Å². The number of pyridine rings is 1. The zero-order chi connectivity index (χ0) is 20.0. The number of aliphatic imine (C=N–C) groups is 1. The Labute approximate surface area is 178 Å². The van der Waals surface area contributed by atoms with Gasteiger partial charge >= 0.3 is 0 Å². The lowest BCUT2D eigenvalue weighted by molar-refractivity contribution is -0.113. The van der Waals surface area contributed by atoms with Gasteiger partial charge in [0.2, 0.25) is 0 Å². The number of piperidine rings is 1. The van der Waals surface area contributed by atoms with Gasteiger partial charge in [-0.25, -0.2) is 0 Å². The van der Waals surface area contributed by atoms with Crippen LogP contribution in [0.5, 0.6) is 0 Å². The molecule has 1 spiro atoms. The molecule has 2 aromatic rings. The summed E-state index contributed by atoms with van der Waals surface area (Å²) in [7, 11) is 0. The molecule has 29 heavy (non-hydrogen) atoms. The van der Waals surface area contributed by atoms with Gasteiger partial charge in [0.15, 0.2) is 5.17 Å². The molecule has 3 aliphatic rings. The molecular formula is C22H20ClN3O2S. The minimum Gasteiger partial charge on any atom is -0.364 e. The maximum absolute atomic E-state index is 12.6. The Kier molecular flexibility index (Phi) is 4.73. The molecule has 3 aliphatic heterocycles. The molecule has 1 amide bonds. The number of thioether (sulfide) groups is 1. The van der Waals surface area contributed by atoms with Crippen LogP contribution in [0.4, 0.5) is 0 Å². The number of aromatic nitrogens is 1. The number of benzene rings is 1. The second-order valence-electron chi connectivity index (χ2n) is 7.54. The quantitative estimate of drug-likeness (QED) is 0.624. The van der Waals surface area contributed by atoms with Crippen molar-refractivity contribution in [3.05, 3.63) is 69.3 Å². The van der Waals surface area contributed by atoms with Gasteiger partial charge in [0.1, 0.15) is 5.60 Å². The van der Waals surface area contributed by atoms with E-state index in [-0.39, 0.29) is 11.5 Å². The van der Waals surface area contributed by atoms with Crippen LogP contribution in [0.15, 0.2) is 52.5 Å². The number of amides is 1. The fourth-order valence-corrected chi connectivity index (χ4v) is 5.34. The van der Waals surface area contributed by atoms with Gasteiger partial charge in [-0.05, 0) is 60.9 Å². The molecule has 0 bridgehead atoms. The lowest BCUT2D eigenvalue weighted by Crippen LogP contribution is -2.44. The molecule has 148 valence electrons. The number of rotatable bonds is 1. The number of allylic oxidation sites excluding steroid dienone is 1. The van der Waals surface area contributed by atoms with Crippen molar-refractivity contribution in [1.29, 1.82) is 0 Å². The van der Waals surface area contributed by atoms with E-state index in [1.165, 1.54) is 17.3 Å². The molecule has 0 saturated carbocycles. The fraction of sp³-hybridized carbons (Fsp3) is 0.318. The Balaban J connectivity index is 1.31. The van der Waals surface area contributed by atoms with Crippen LogP contribution in [0.25, 0.3) is 5.57 Å². The first-order valence-corrected chi connectivity index (χ1v) is 10.9. The van der Waals surface area contributed by atoms with Crippen LogP contribution in [0.1, 0.15) is 36.6 Å². The van der Waals surface area contributed by atoms with Crippen LogP contribution in [0.3, 0.4) is 0 Å². The summed E-state index contributed by atoms with van der Waals surface area (Å²) >= 11 is 7.45. The smallest absolute Gasteiger partial charge is 0.286 e. The second-order valence-corrected chi connectivity index (χ2v) is 8.96. The second kappa shape index (κ2) is 7.27. The van der Waals surface area contributed by atoms with Gasteiger partial charge in [-0.2, -0.15) is 4.99 Å². The summed E-state index contributed by atoms with van der Waals surface area (Å²) in [5.41, 5.74) is 3.89. The van der Waals surface area contributed by atoms with Crippen molar-refractivity contribution in [2.45, 2.75) is 32.0 Å². The molecule has 0 radical (unpaired) electrons. The van der Waals surface area contributed by atoms with Crippen molar-refractivity contribution >= 4 is 40.0 Å². The van der Waals surface area contributed by atoms with Gasteiger partial charge < -0.3 is 9.64 Å². The topological polar surface area (TPSA) is 54.8 Å². The van der Waals surface area contributed by atoms with Crippen LogP contribution in [0, 0.1) is 0 Å². The largest absolute Gasteiger partial charge is 0.364 e. The number of carbonyl (C=O) groups is 1. The Morgan fingerprint density at radius 2 is 1.97 bits per heavy atom. The maximum Gasteiger partial charge on any atom is 0.286 e. The van der Waals surface area contributed by atoms with E-state index >= 15 is 0 Å². The molecule has 1 aromatic heterocycles. The summed E-state index contributed by atoms with van der Waals surface area (Å²) in [6.45, 7) is 4.18. The molecule has 1 saturated heterocycles. The van der Waals surface area contributed by atoms with Crippen LogP contribution in [-0.4, -0.2) is 34.0 Å². The van der Waals surface area contributed by atoms with Crippen molar-refractivity contribution in [2.24, 2.45) is 4.99 Å². The summed E-state index contributed by atoms with van der Waals surface area (Å²) in [4.78, 5) is 24.4. The summed E-state index contributed by atoms with van der Waals surface area (Å²) in [5.74, 6) is -0.165. The van der Waals surface area contributed by atoms with Crippen molar-refractivity contribution < 1.29 is 9.53 Å². The summed E-state index contributed by atoms with van der Waals surface area (Å²) in [5, 5.41) is 1.47. The normalized spacial score (nSPS) is 22.1. The molecule has 0 unspecified atom stereocenters. The van der Waals surface area contributed by atoms with E-state index in [4.69, 9.17) is 16.3 Å². The molecule has 7 heteroatoms. The van der Waals surface area contributed by atoms with Gasteiger partial charge in [-0.3, -0.25) is 9.78 Å². The predicted octanol–water partition coefficient (Wildman–Crippen LogP) is 4.62. The van der Waals surface area contributed by atoms with Gasteiger partial charge in [-0.15, -0.1) is 0 Å². The number of amidine groups is 1. The molecule has 0 N–H and O–H groups in total. The summed E-state index contributed by atoms with van der Waals surface area (Å²) in [6, 6.07) is 11.6. The Hall–Kier alpha value is -2.15. The van der Waals surface area contributed by atoms with Crippen LogP contribution < -0.4 is 0 Å². The third-order valence-electron chi connectivity index (χ3n) is 5.87. The molecule has 5 rings (SSSR count). The maximum atomic E-state index is 12.6. The standard InChI is InChI=1S/C22H20ClN3O2S/c1-14(15-4-6-17(23)7-5-15)18-20(27)25-21(29-18)26-11-8-22(9-12-26)19-16(13-28-22)3-2-10-24-19/h2-7,10H,8-9,11-13H2,1H3. The highest BCUT2D eigenvalue weighted by Gasteiger charge is 2.45. The van der Waals surface area contributed by atoms with E-state index < -0.39 is 0 Å². The van der Waals surface area contributed by atoms with E-state index in [1.807, 2.05) is 43.5 Å². The molecule has 0 aliphatic carbocycles. The van der Waals surface area contributed by atoms with E-state index in [1.54, 1.807) is 0 Å². The number of likely N-dealkylation sites (tertiary alicyclic amines) is 1.